The van der Waals surface area contributed by atoms with E-state index in [-0.39, 0.29) is 11.4 Å². The molecule has 2 amide bonds. The molecule has 0 bridgehead atoms. The molecule has 0 unspecified atom stereocenters. The molecule has 0 radical (unpaired) electrons. The molecule has 0 fully saturated rings. The van der Waals surface area contributed by atoms with Crippen LogP contribution in [0.4, 0.5) is 10.5 Å². The lowest BCUT2D eigenvalue weighted by Gasteiger charge is -2.19. The first kappa shape index (κ1) is 14.5. The van der Waals surface area contributed by atoms with Crippen LogP contribution in [0.2, 0.25) is 0 Å². The molecule has 94 valence electrons. The number of hydrogen-bond acceptors (Lipinski definition) is 1. The van der Waals surface area contributed by atoms with Crippen LogP contribution in [0.1, 0.15) is 20.8 Å². The molecule has 0 saturated heterocycles. The van der Waals surface area contributed by atoms with Gasteiger partial charge in [0.25, 0.3) is 0 Å². The predicted molar refractivity (Wildman–Crippen MR) is 78.3 cm³/mol. The minimum Gasteiger partial charge on any atom is -0.337 e. The summed E-state index contributed by atoms with van der Waals surface area (Å²) >= 11 is 6.75. The number of urea groups is 1. The Balaban J connectivity index is 2.57. The van der Waals surface area contributed by atoms with E-state index in [2.05, 4.69) is 63.3 Å². The van der Waals surface area contributed by atoms with E-state index in [0.717, 1.165) is 14.6 Å². The van der Waals surface area contributed by atoms with Crippen LogP contribution in [0.15, 0.2) is 27.1 Å². The van der Waals surface area contributed by atoms with Gasteiger partial charge in [-0.3, -0.25) is 0 Å². The third-order valence-electron chi connectivity index (χ3n) is 1.96. The van der Waals surface area contributed by atoms with Gasteiger partial charge in [-0.1, -0.05) is 36.7 Å². The number of rotatable bonds is 2. The van der Waals surface area contributed by atoms with Crippen molar-refractivity contribution in [2.75, 3.05) is 11.9 Å². The van der Waals surface area contributed by atoms with Gasteiger partial charge in [-0.25, -0.2) is 4.79 Å². The Labute approximate surface area is 119 Å². The first-order chi connectivity index (χ1) is 7.78. The molecule has 1 aromatic rings. The number of amides is 2. The number of nitrogens with one attached hydrogen (secondary N) is 2. The molecule has 2 N–H and O–H groups in total. The number of benzene rings is 1. The summed E-state index contributed by atoms with van der Waals surface area (Å²) in [6, 6.07) is 5.41. The van der Waals surface area contributed by atoms with Crippen LogP contribution in [-0.2, 0) is 0 Å². The molecule has 0 aliphatic heterocycles. The average molecular weight is 364 g/mol. The zero-order valence-corrected chi connectivity index (χ0v) is 13.3. The maximum atomic E-state index is 11.6. The fraction of sp³-hybridized carbons (Fsp3) is 0.417. The van der Waals surface area contributed by atoms with Crippen molar-refractivity contribution in [3.8, 4) is 0 Å². The Morgan fingerprint density at radius 2 is 1.94 bits per heavy atom. The lowest BCUT2D eigenvalue weighted by molar-refractivity contribution is 0.247. The molecule has 0 atom stereocenters. The van der Waals surface area contributed by atoms with Gasteiger partial charge in [0.1, 0.15) is 0 Å². The third-order valence-corrected chi connectivity index (χ3v) is 3.11. The molecule has 0 aliphatic carbocycles. The van der Waals surface area contributed by atoms with Crippen molar-refractivity contribution in [2.24, 2.45) is 5.41 Å². The van der Waals surface area contributed by atoms with Gasteiger partial charge in [-0.2, -0.15) is 0 Å². The highest BCUT2D eigenvalue weighted by atomic mass is 79.9. The van der Waals surface area contributed by atoms with Crippen molar-refractivity contribution < 1.29 is 4.79 Å². The molecule has 1 rings (SSSR count). The van der Waals surface area contributed by atoms with Crippen LogP contribution < -0.4 is 10.6 Å². The first-order valence-corrected chi connectivity index (χ1v) is 6.86. The largest absolute Gasteiger partial charge is 0.337 e. The summed E-state index contributed by atoms with van der Waals surface area (Å²) in [6.07, 6.45) is 0. The van der Waals surface area contributed by atoms with Crippen LogP contribution in [0.5, 0.6) is 0 Å². The Morgan fingerprint density at radius 3 is 2.47 bits per heavy atom. The minimum atomic E-state index is -0.192. The van der Waals surface area contributed by atoms with Gasteiger partial charge in [-0.15, -0.1) is 0 Å². The fourth-order valence-electron chi connectivity index (χ4n) is 1.10. The Morgan fingerprint density at radius 1 is 1.29 bits per heavy atom. The van der Waals surface area contributed by atoms with Gasteiger partial charge in [0.05, 0.1) is 5.69 Å². The molecule has 0 spiro atoms. The van der Waals surface area contributed by atoms with E-state index in [0.29, 0.717) is 6.54 Å². The Hall–Kier alpha value is -0.550. The second-order valence-electron chi connectivity index (χ2n) is 4.99. The molecule has 5 heteroatoms. The highest BCUT2D eigenvalue weighted by Gasteiger charge is 2.12. The minimum absolute atomic E-state index is 0.0777. The summed E-state index contributed by atoms with van der Waals surface area (Å²) in [5.74, 6) is 0. The summed E-state index contributed by atoms with van der Waals surface area (Å²) in [5.41, 5.74) is 0.827. The topological polar surface area (TPSA) is 41.1 Å². The van der Waals surface area contributed by atoms with Crippen molar-refractivity contribution in [2.45, 2.75) is 20.8 Å². The second-order valence-corrected chi connectivity index (χ2v) is 6.76. The van der Waals surface area contributed by atoms with Crippen LogP contribution in [0.3, 0.4) is 0 Å². The van der Waals surface area contributed by atoms with Crippen molar-refractivity contribution in [1.29, 1.82) is 0 Å². The molecule has 17 heavy (non-hydrogen) atoms. The standard InChI is InChI=1S/C12H16Br2N2O/c1-12(2,3)7-15-11(17)16-10-5-4-8(13)6-9(10)14/h4-6H,7H2,1-3H3,(H2,15,16,17). The molecule has 0 aromatic heterocycles. The number of hydrogen-bond donors (Lipinski definition) is 2. The van der Waals surface area contributed by atoms with Crippen LogP contribution >= 0.6 is 31.9 Å². The molecule has 0 heterocycles. The van der Waals surface area contributed by atoms with Crippen LogP contribution in [0, 0.1) is 5.41 Å². The number of carbonyl (C=O) groups is 1. The zero-order valence-electron chi connectivity index (χ0n) is 10.1. The van der Waals surface area contributed by atoms with Crippen LogP contribution in [-0.4, -0.2) is 12.6 Å². The van der Waals surface area contributed by atoms with E-state index in [9.17, 15) is 4.79 Å². The van der Waals surface area contributed by atoms with Gasteiger partial charge in [0.2, 0.25) is 0 Å². The van der Waals surface area contributed by atoms with E-state index in [1.165, 1.54) is 0 Å². The second kappa shape index (κ2) is 5.87. The maximum absolute atomic E-state index is 11.6. The average Bonchev–Trinajstić information content (AvgIpc) is 2.18. The SMILES string of the molecule is CC(C)(C)CNC(=O)Nc1ccc(Br)cc1Br. The summed E-state index contributed by atoms with van der Waals surface area (Å²) < 4.78 is 1.81. The molecule has 0 saturated carbocycles. The Bertz CT molecular complexity index is 413. The summed E-state index contributed by atoms with van der Waals surface area (Å²) in [6.45, 7) is 6.85. The molecule has 1 aromatic carbocycles. The van der Waals surface area contributed by atoms with E-state index in [1.807, 2.05) is 18.2 Å². The van der Waals surface area contributed by atoms with Crippen LogP contribution in [0.25, 0.3) is 0 Å². The van der Waals surface area contributed by atoms with Crippen molar-refractivity contribution in [1.82, 2.24) is 5.32 Å². The first-order valence-electron chi connectivity index (χ1n) is 5.28. The highest BCUT2D eigenvalue weighted by Crippen LogP contribution is 2.26. The van der Waals surface area contributed by atoms with E-state index in [1.54, 1.807) is 0 Å². The van der Waals surface area contributed by atoms with Crippen molar-refractivity contribution >= 4 is 43.6 Å². The lowest BCUT2D eigenvalue weighted by Crippen LogP contribution is -2.35. The maximum Gasteiger partial charge on any atom is 0.319 e. The van der Waals surface area contributed by atoms with Crippen molar-refractivity contribution in [3.05, 3.63) is 27.1 Å². The number of anilines is 1. The highest BCUT2D eigenvalue weighted by molar-refractivity contribution is 9.11. The number of halogens is 2. The monoisotopic (exact) mass is 362 g/mol. The smallest absolute Gasteiger partial charge is 0.319 e. The molecular weight excluding hydrogens is 348 g/mol. The van der Waals surface area contributed by atoms with Gasteiger partial charge in [-0.05, 0) is 39.5 Å². The van der Waals surface area contributed by atoms with Gasteiger partial charge in [0.15, 0.2) is 0 Å². The van der Waals surface area contributed by atoms with E-state index < -0.39 is 0 Å². The molecule has 3 nitrogen and oxygen atoms in total. The summed E-state index contributed by atoms with van der Waals surface area (Å²) in [4.78, 5) is 11.6. The molecule has 0 aliphatic rings. The van der Waals surface area contributed by atoms with E-state index in [4.69, 9.17) is 0 Å². The summed E-state index contributed by atoms with van der Waals surface area (Å²) in [5, 5.41) is 5.62. The zero-order chi connectivity index (χ0) is 13.1. The number of carbonyl (C=O) groups excluding carboxylic acids is 1. The van der Waals surface area contributed by atoms with Gasteiger partial charge < -0.3 is 10.6 Å². The molecular formula is C12H16Br2N2O. The quantitative estimate of drug-likeness (QED) is 0.804. The third kappa shape index (κ3) is 5.55. The van der Waals surface area contributed by atoms with Gasteiger partial charge in [0, 0.05) is 15.5 Å². The Kier molecular flexibility index (Phi) is 5.01. The van der Waals surface area contributed by atoms with E-state index >= 15 is 0 Å². The van der Waals surface area contributed by atoms with Gasteiger partial charge >= 0.3 is 6.03 Å². The summed E-state index contributed by atoms with van der Waals surface area (Å²) in [7, 11) is 0. The predicted octanol–water partition coefficient (Wildman–Crippen LogP) is 4.38. The fourth-order valence-corrected chi connectivity index (χ4v) is 2.25. The lowest BCUT2D eigenvalue weighted by atomic mass is 9.97. The van der Waals surface area contributed by atoms with Crippen molar-refractivity contribution in [3.63, 3.8) is 0 Å². The normalized spacial score (nSPS) is 11.1.